The fourth-order valence-electron chi connectivity index (χ4n) is 2.38. The first-order valence-corrected chi connectivity index (χ1v) is 8.37. The normalized spacial score (nSPS) is 14.5. The van der Waals surface area contributed by atoms with Gasteiger partial charge in [-0.3, -0.25) is 9.59 Å². The minimum absolute atomic E-state index is 0.0671. The maximum atomic E-state index is 11.2. The Morgan fingerprint density at radius 1 is 1.00 bits per heavy atom. The van der Waals surface area contributed by atoms with Crippen molar-refractivity contribution in [3.05, 3.63) is 59.7 Å². The summed E-state index contributed by atoms with van der Waals surface area (Å²) in [4.78, 5) is 32.6. The molecule has 2 N–H and O–H groups in total. The molecule has 0 radical (unpaired) electrons. The van der Waals surface area contributed by atoms with Crippen LogP contribution in [0, 0.1) is 0 Å². The number of phenols is 1. The van der Waals surface area contributed by atoms with Gasteiger partial charge in [0.1, 0.15) is 36.7 Å². The molecule has 0 bridgehead atoms. The molecule has 0 aromatic heterocycles. The predicted octanol–water partition coefficient (Wildman–Crippen LogP) is 2.36. The lowest BCUT2D eigenvalue weighted by molar-refractivity contribution is -0.159. The Morgan fingerprint density at radius 2 is 1.57 bits per heavy atom. The summed E-state index contributed by atoms with van der Waals surface area (Å²) in [6.07, 6.45) is -0.310. The molecule has 8 nitrogen and oxygen atoms in total. The highest BCUT2D eigenvalue weighted by molar-refractivity contribution is 5.91. The number of carboxylic acid groups (broad SMARTS) is 1. The maximum Gasteiger partial charge on any atom is 0.339 e. The number of aromatic carboxylic acids is 1. The number of methoxy groups -OCH3 is 1. The number of carbonyl (C=O) groups excluding carboxylic acids is 2. The first-order valence-electron chi connectivity index (χ1n) is 8.37. The zero-order chi connectivity index (χ0) is 20.5. The van der Waals surface area contributed by atoms with Crippen LogP contribution < -0.4 is 4.74 Å². The smallest absolute Gasteiger partial charge is 0.339 e. The highest BCUT2D eigenvalue weighted by Crippen LogP contribution is 2.22. The summed E-state index contributed by atoms with van der Waals surface area (Å²) in [5, 5.41) is 17.3. The molecule has 148 valence electrons. The van der Waals surface area contributed by atoms with E-state index in [0.29, 0.717) is 0 Å². The number of benzene rings is 2. The molecule has 1 fully saturated rings. The minimum atomic E-state index is -1.11. The van der Waals surface area contributed by atoms with E-state index in [9.17, 15) is 14.4 Å². The van der Waals surface area contributed by atoms with Crippen molar-refractivity contribution in [2.75, 3.05) is 20.3 Å². The van der Waals surface area contributed by atoms with Crippen LogP contribution in [0.15, 0.2) is 48.5 Å². The molecule has 1 heterocycles. The van der Waals surface area contributed by atoms with Gasteiger partial charge >= 0.3 is 17.9 Å². The van der Waals surface area contributed by atoms with E-state index in [1.165, 1.54) is 12.1 Å². The number of carbonyl (C=O) groups is 3. The Kier molecular flexibility index (Phi) is 7.38. The van der Waals surface area contributed by atoms with Crippen LogP contribution >= 0.6 is 0 Å². The number of hydrogen-bond acceptors (Lipinski definition) is 7. The van der Waals surface area contributed by atoms with Gasteiger partial charge in [-0.15, -0.1) is 0 Å². The third-order valence-corrected chi connectivity index (χ3v) is 3.90. The van der Waals surface area contributed by atoms with Crippen molar-refractivity contribution < 1.29 is 38.8 Å². The van der Waals surface area contributed by atoms with E-state index in [1.807, 2.05) is 24.3 Å². The summed E-state index contributed by atoms with van der Waals surface area (Å²) in [6.45, 7) is 0.441. The van der Waals surface area contributed by atoms with Crippen molar-refractivity contribution in [3.8, 4) is 11.5 Å². The van der Waals surface area contributed by atoms with E-state index in [4.69, 9.17) is 24.4 Å². The molecule has 1 saturated heterocycles. The van der Waals surface area contributed by atoms with Crippen molar-refractivity contribution in [2.24, 2.45) is 0 Å². The monoisotopic (exact) mass is 388 g/mol. The molecule has 2 aromatic carbocycles. The number of aromatic hydroxyl groups is 1. The van der Waals surface area contributed by atoms with Crippen molar-refractivity contribution >= 4 is 17.9 Å². The highest BCUT2D eigenvalue weighted by atomic mass is 16.6. The molecule has 2 aromatic rings. The van der Waals surface area contributed by atoms with Gasteiger partial charge in [-0.25, -0.2) is 4.79 Å². The van der Waals surface area contributed by atoms with Crippen molar-refractivity contribution in [2.45, 2.75) is 12.3 Å². The Labute approximate surface area is 161 Å². The third-order valence-electron chi connectivity index (χ3n) is 3.90. The quantitative estimate of drug-likeness (QED) is 0.607. The van der Waals surface area contributed by atoms with Crippen LogP contribution in [0.4, 0.5) is 0 Å². The number of ether oxygens (including phenoxy) is 3. The summed E-state index contributed by atoms with van der Waals surface area (Å²) in [6, 6.07) is 13.2. The van der Waals surface area contributed by atoms with Gasteiger partial charge in [-0.1, -0.05) is 24.3 Å². The lowest BCUT2D eigenvalue weighted by atomic mass is 10.0. The summed E-state index contributed by atoms with van der Waals surface area (Å²) in [5.41, 5.74) is 0.876. The minimum Gasteiger partial charge on any atom is -0.507 e. The molecule has 0 spiro atoms. The van der Waals surface area contributed by atoms with Gasteiger partial charge in [0.15, 0.2) is 0 Å². The van der Waals surface area contributed by atoms with Gasteiger partial charge in [0.05, 0.1) is 13.0 Å². The molecule has 1 aliphatic heterocycles. The first-order chi connectivity index (χ1) is 13.4. The van der Waals surface area contributed by atoms with Gasteiger partial charge in [0, 0.05) is 0 Å². The van der Waals surface area contributed by atoms with E-state index in [1.54, 1.807) is 19.2 Å². The second-order valence-corrected chi connectivity index (χ2v) is 5.84. The summed E-state index contributed by atoms with van der Waals surface area (Å²) >= 11 is 0. The summed E-state index contributed by atoms with van der Waals surface area (Å²) in [5.74, 6) is -1.78. The molecule has 0 unspecified atom stereocenters. The molecule has 1 aliphatic rings. The van der Waals surface area contributed by atoms with E-state index < -0.39 is 17.9 Å². The number of para-hydroxylation sites is 1. The molecular formula is C20H20O8. The highest BCUT2D eigenvalue weighted by Gasteiger charge is 2.22. The van der Waals surface area contributed by atoms with Crippen molar-refractivity contribution in [1.29, 1.82) is 0 Å². The van der Waals surface area contributed by atoms with Crippen LogP contribution in [0.3, 0.4) is 0 Å². The lowest BCUT2D eigenvalue weighted by Gasteiger charge is -2.20. The Balaban J connectivity index is 0.000000237. The molecule has 0 atom stereocenters. The molecule has 28 heavy (non-hydrogen) atoms. The number of rotatable bonds is 3. The van der Waals surface area contributed by atoms with Gasteiger partial charge in [0.25, 0.3) is 0 Å². The summed E-state index contributed by atoms with van der Waals surface area (Å²) < 4.78 is 15.1. The summed E-state index contributed by atoms with van der Waals surface area (Å²) in [7, 11) is 1.59. The Morgan fingerprint density at radius 3 is 2.04 bits per heavy atom. The third kappa shape index (κ3) is 6.01. The average molecular weight is 388 g/mol. The number of hydrogen-bond donors (Lipinski definition) is 2. The topological polar surface area (TPSA) is 119 Å². The van der Waals surface area contributed by atoms with E-state index in [-0.39, 0.29) is 36.9 Å². The second-order valence-electron chi connectivity index (χ2n) is 5.84. The van der Waals surface area contributed by atoms with E-state index in [0.717, 1.165) is 11.3 Å². The van der Waals surface area contributed by atoms with Crippen molar-refractivity contribution in [3.63, 3.8) is 0 Å². The SMILES string of the molecule is COc1ccc(C2COC(=O)CC(=O)OC2)cc1.O=C(O)c1ccccc1O. The molecule has 0 saturated carbocycles. The first kappa shape index (κ1) is 20.8. The van der Waals surface area contributed by atoms with E-state index in [2.05, 4.69) is 0 Å². The maximum absolute atomic E-state index is 11.2. The van der Waals surface area contributed by atoms with Gasteiger partial charge in [-0.2, -0.15) is 0 Å². The predicted molar refractivity (Wildman–Crippen MR) is 97.3 cm³/mol. The van der Waals surface area contributed by atoms with E-state index >= 15 is 0 Å². The lowest BCUT2D eigenvalue weighted by Crippen LogP contribution is -2.25. The zero-order valence-corrected chi connectivity index (χ0v) is 15.2. The number of carboxylic acids is 1. The van der Waals surface area contributed by atoms with Crippen molar-refractivity contribution in [1.82, 2.24) is 0 Å². The fourth-order valence-corrected chi connectivity index (χ4v) is 2.38. The van der Waals surface area contributed by atoms with Crippen LogP contribution in [0.1, 0.15) is 28.3 Å². The second kappa shape index (κ2) is 9.96. The molecule has 0 aliphatic carbocycles. The standard InChI is InChI=1S/C13H14O5.C7H6O3/c1-16-11-4-2-9(3-5-11)10-7-17-12(14)6-13(15)18-8-10;8-6-4-2-1-3-5(6)7(9)10/h2-5,10H,6-8H2,1H3;1-4,8H,(H,9,10). The molecule has 8 heteroatoms. The Bertz CT molecular complexity index is 810. The fraction of sp³-hybridized carbons (Fsp3) is 0.250. The van der Waals surface area contributed by atoms with Crippen LogP contribution in [0.25, 0.3) is 0 Å². The molecular weight excluding hydrogens is 368 g/mol. The zero-order valence-electron chi connectivity index (χ0n) is 15.2. The number of esters is 2. The Hall–Kier alpha value is -3.55. The average Bonchev–Trinajstić information content (AvgIpc) is 2.67. The van der Waals surface area contributed by atoms with Crippen LogP contribution in [0.2, 0.25) is 0 Å². The van der Waals surface area contributed by atoms with Gasteiger partial charge in [0.2, 0.25) is 0 Å². The van der Waals surface area contributed by atoms with Crippen LogP contribution in [-0.4, -0.2) is 48.4 Å². The van der Waals surface area contributed by atoms with Gasteiger partial charge < -0.3 is 24.4 Å². The number of cyclic esters (lactones) is 2. The molecule has 3 rings (SSSR count). The van der Waals surface area contributed by atoms with Crippen LogP contribution in [0.5, 0.6) is 11.5 Å². The van der Waals surface area contributed by atoms with Crippen LogP contribution in [-0.2, 0) is 19.1 Å². The van der Waals surface area contributed by atoms with Gasteiger partial charge in [-0.05, 0) is 29.8 Å². The largest absolute Gasteiger partial charge is 0.507 e. The molecule has 0 amide bonds.